The molecule has 0 radical (unpaired) electrons. The highest BCUT2D eigenvalue weighted by atomic mass is 35.5. The van der Waals surface area contributed by atoms with Crippen molar-refractivity contribution in [3.8, 4) is 10.6 Å². The molecule has 7 heteroatoms. The molecular weight excluding hydrogens is 294 g/mol. The second kappa shape index (κ2) is 4.43. The van der Waals surface area contributed by atoms with Gasteiger partial charge in [-0.15, -0.1) is 10.2 Å². The summed E-state index contributed by atoms with van der Waals surface area (Å²) in [5, 5.41) is 14.4. The van der Waals surface area contributed by atoms with E-state index in [1.165, 1.54) is 11.3 Å². The highest BCUT2D eigenvalue weighted by molar-refractivity contribution is 7.19. The highest BCUT2D eigenvalue weighted by Crippen LogP contribution is 2.32. The first-order chi connectivity index (χ1) is 9.36. The number of fused-ring (bicyclic) bond motifs is 1. The van der Waals surface area contributed by atoms with Crippen molar-refractivity contribution in [3.05, 3.63) is 29.0 Å². The summed E-state index contributed by atoms with van der Waals surface area (Å²) in [5.74, 6) is 0.836. The molecule has 0 amide bonds. The molecule has 20 heavy (non-hydrogen) atoms. The molecule has 3 aromatic rings. The quantitative estimate of drug-likeness (QED) is 0.700. The molecule has 2 heterocycles. The minimum Gasteiger partial charge on any atom is -0.398 e. The van der Waals surface area contributed by atoms with Gasteiger partial charge in [-0.1, -0.05) is 43.7 Å². The van der Waals surface area contributed by atoms with E-state index in [9.17, 15) is 0 Å². The van der Waals surface area contributed by atoms with Crippen molar-refractivity contribution < 1.29 is 0 Å². The van der Waals surface area contributed by atoms with Crippen molar-refractivity contribution in [2.75, 3.05) is 5.73 Å². The number of hydrogen-bond donors (Lipinski definition) is 1. The Kier molecular flexibility index (Phi) is 2.95. The number of anilines is 1. The smallest absolute Gasteiger partial charge is 0.235 e. The van der Waals surface area contributed by atoms with Gasteiger partial charge in [0, 0.05) is 21.7 Å². The van der Waals surface area contributed by atoms with E-state index in [0.717, 1.165) is 21.4 Å². The van der Waals surface area contributed by atoms with Crippen molar-refractivity contribution in [2.24, 2.45) is 0 Å². The first-order valence-corrected chi connectivity index (χ1v) is 7.34. The Hall–Kier alpha value is -1.66. The van der Waals surface area contributed by atoms with Crippen molar-refractivity contribution in [3.63, 3.8) is 0 Å². The van der Waals surface area contributed by atoms with Gasteiger partial charge < -0.3 is 5.73 Å². The number of hydrogen-bond acceptors (Lipinski definition) is 5. The number of rotatable bonds is 1. The van der Waals surface area contributed by atoms with Crippen molar-refractivity contribution in [2.45, 2.75) is 26.2 Å². The third kappa shape index (κ3) is 2.14. The van der Waals surface area contributed by atoms with Crippen molar-refractivity contribution >= 4 is 33.6 Å². The fraction of sp³-hybridized carbons (Fsp3) is 0.308. The molecular formula is C13H14ClN5S. The zero-order valence-electron chi connectivity index (χ0n) is 11.4. The van der Waals surface area contributed by atoms with Crippen LogP contribution in [0.1, 0.15) is 26.6 Å². The molecule has 0 aliphatic heterocycles. The Morgan fingerprint density at radius 2 is 2.00 bits per heavy atom. The van der Waals surface area contributed by atoms with Crippen LogP contribution in [0.4, 0.5) is 5.69 Å². The van der Waals surface area contributed by atoms with Crippen LogP contribution < -0.4 is 5.73 Å². The second-order valence-corrected chi connectivity index (χ2v) is 7.00. The van der Waals surface area contributed by atoms with Gasteiger partial charge in [-0.25, -0.2) is 0 Å². The molecule has 0 spiro atoms. The predicted octanol–water partition coefficient (Wildman–Crippen LogP) is 3.39. The third-order valence-electron chi connectivity index (χ3n) is 2.91. The first-order valence-electron chi connectivity index (χ1n) is 6.14. The molecule has 0 aliphatic rings. The molecule has 3 rings (SSSR count). The van der Waals surface area contributed by atoms with Crippen LogP contribution in [0, 0.1) is 0 Å². The lowest BCUT2D eigenvalue weighted by atomic mass is 9.96. The van der Waals surface area contributed by atoms with Crippen LogP contribution in [-0.4, -0.2) is 19.8 Å². The number of nitrogens with zero attached hydrogens (tertiary/aromatic N) is 4. The minimum atomic E-state index is -0.115. The lowest BCUT2D eigenvalue weighted by molar-refractivity contribution is 0.528. The van der Waals surface area contributed by atoms with Crippen LogP contribution >= 0.6 is 22.9 Å². The Morgan fingerprint density at radius 3 is 2.65 bits per heavy atom. The summed E-state index contributed by atoms with van der Waals surface area (Å²) in [6.07, 6.45) is 0. The highest BCUT2D eigenvalue weighted by Gasteiger charge is 2.23. The summed E-state index contributed by atoms with van der Waals surface area (Å²) < 4.78 is 1.79. The SMILES string of the molecule is CC(C)(C)c1nnc2sc(-c3ccc(Cl)cc3N)nn12. The fourth-order valence-corrected chi connectivity index (χ4v) is 2.99. The van der Waals surface area contributed by atoms with Gasteiger partial charge >= 0.3 is 0 Å². The average Bonchev–Trinajstić information content (AvgIpc) is 2.86. The normalized spacial score (nSPS) is 12.2. The van der Waals surface area contributed by atoms with Crippen LogP contribution in [-0.2, 0) is 5.41 Å². The van der Waals surface area contributed by atoms with Crippen LogP contribution in [0.25, 0.3) is 15.5 Å². The lowest BCUT2D eigenvalue weighted by Gasteiger charge is -2.13. The summed E-state index contributed by atoms with van der Waals surface area (Å²) in [4.78, 5) is 0.763. The van der Waals surface area contributed by atoms with Gasteiger partial charge in [-0.2, -0.15) is 9.61 Å². The van der Waals surface area contributed by atoms with Crippen molar-refractivity contribution in [1.82, 2.24) is 19.8 Å². The number of halogens is 1. The number of benzene rings is 1. The molecule has 5 nitrogen and oxygen atoms in total. The van der Waals surface area contributed by atoms with Gasteiger partial charge in [0.1, 0.15) is 5.01 Å². The molecule has 104 valence electrons. The van der Waals surface area contributed by atoms with E-state index >= 15 is 0 Å². The van der Waals surface area contributed by atoms with Gasteiger partial charge in [0.25, 0.3) is 0 Å². The van der Waals surface area contributed by atoms with Gasteiger partial charge in [0.15, 0.2) is 5.82 Å². The van der Waals surface area contributed by atoms with E-state index < -0.39 is 0 Å². The fourth-order valence-electron chi connectivity index (χ4n) is 1.92. The molecule has 0 unspecified atom stereocenters. The molecule has 0 atom stereocenters. The number of aromatic nitrogens is 4. The largest absolute Gasteiger partial charge is 0.398 e. The average molecular weight is 308 g/mol. The van der Waals surface area contributed by atoms with E-state index in [4.69, 9.17) is 17.3 Å². The van der Waals surface area contributed by atoms with Crippen LogP contribution in [0.2, 0.25) is 5.02 Å². The van der Waals surface area contributed by atoms with Gasteiger partial charge in [-0.3, -0.25) is 0 Å². The minimum absolute atomic E-state index is 0.115. The summed E-state index contributed by atoms with van der Waals surface area (Å²) >= 11 is 7.39. The maximum Gasteiger partial charge on any atom is 0.235 e. The molecule has 2 N–H and O–H groups in total. The van der Waals surface area contributed by atoms with Crippen LogP contribution in [0.15, 0.2) is 18.2 Å². The maximum atomic E-state index is 6.00. The van der Waals surface area contributed by atoms with Gasteiger partial charge in [0.2, 0.25) is 4.96 Å². The van der Waals surface area contributed by atoms with Gasteiger partial charge in [-0.05, 0) is 18.2 Å². The molecule has 1 aromatic carbocycles. The van der Waals surface area contributed by atoms with E-state index in [-0.39, 0.29) is 5.41 Å². The zero-order valence-corrected chi connectivity index (χ0v) is 13.0. The Bertz CT molecular complexity index is 784. The molecule has 0 saturated carbocycles. The van der Waals surface area contributed by atoms with E-state index in [0.29, 0.717) is 10.7 Å². The molecule has 2 aromatic heterocycles. The third-order valence-corrected chi connectivity index (χ3v) is 4.07. The summed E-state index contributed by atoms with van der Waals surface area (Å²) in [7, 11) is 0. The summed E-state index contributed by atoms with van der Waals surface area (Å²) in [6.45, 7) is 6.25. The molecule has 0 saturated heterocycles. The van der Waals surface area contributed by atoms with E-state index in [1.54, 1.807) is 16.6 Å². The lowest BCUT2D eigenvalue weighted by Crippen LogP contribution is -2.16. The molecule has 0 aliphatic carbocycles. The maximum absolute atomic E-state index is 6.00. The Labute approximate surface area is 125 Å². The topological polar surface area (TPSA) is 69.1 Å². The molecule has 0 bridgehead atoms. The summed E-state index contributed by atoms with van der Waals surface area (Å²) in [6, 6.07) is 5.41. The second-order valence-electron chi connectivity index (χ2n) is 5.61. The van der Waals surface area contributed by atoms with E-state index in [2.05, 4.69) is 36.1 Å². The summed E-state index contributed by atoms with van der Waals surface area (Å²) in [5.41, 5.74) is 7.37. The van der Waals surface area contributed by atoms with Gasteiger partial charge in [0.05, 0.1) is 0 Å². The van der Waals surface area contributed by atoms with E-state index in [1.807, 2.05) is 6.07 Å². The van der Waals surface area contributed by atoms with Crippen LogP contribution in [0.3, 0.4) is 0 Å². The molecule has 0 fully saturated rings. The van der Waals surface area contributed by atoms with Crippen LogP contribution in [0.5, 0.6) is 0 Å². The van der Waals surface area contributed by atoms with Crippen molar-refractivity contribution in [1.29, 1.82) is 0 Å². The number of nitrogens with two attached hydrogens (primary N) is 1. The Morgan fingerprint density at radius 1 is 1.25 bits per heavy atom. The predicted molar refractivity (Wildman–Crippen MR) is 82.2 cm³/mol. The standard InChI is InChI=1S/C13H14ClN5S/c1-13(2,3)11-16-17-12-19(11)18-10(20-12)8-5-4-7(14)6-9(8)15/h4-6H,15H2,1-3H3. The monoisotopic (exact) mass is 307 g/mol. The first kappa shape index (κ1) is 13.3. The zero-order chi connectivity index (χ0) is 14.5. The Balaban J connectivity index is 2.16. The number of nitrogen functional groups attached to an aromatic ring is 1.